The van der Waals surface area contributed by atoms with Gasteiger partial charge in [-0.15, -0.1) is 0 Å². The number of aryl methyl sites for hydroxylation is 1. The van der Waals surface area contributed by atoms with Crippen LogP contribution in [0.2, 0.25) is 0 Å². The summed E-state index contributed by atoms with van der Waals surface area (Å²) in [5.41, 5.74) is 3.25. The summed E-state index contributed by atoms with van der Waals surface area (Å²) in [5, 5.41) is 7.55. The molecule has 0 saturated carbocycles. The Kier molecular flexibility index (Phi) is 9.76. The van der Waals surface area contributed by atoms with Crippen LogP contribution in [0.3, 0.4) is 0 Å². The Balaban J connectivity index is 0.000000158. The first-order chi connectivity index (χ1) is 27.2. The second kappa shape index (κ2) is 15.1. The molecular weight excluding hydrogens is 757 g/mol. The number of carbonyl (C=O) groups is 1. The molecule has 0 unspecified atom stereocenters. The maximum Gasteiger partial charge on any atom is 0.311 e. The summed E-state index contributed by atoms with van der Waals surface area (Å²) >= 11 is 2.80. The molecule has 282 valence electrons. The van der Waals surface area contributed by atoms with E-state index in [1.165, 1.54) is 45.2 Å². The van der Waals surface area contributed by atoms with Crippen LogP contribution < -0.4 is 16.7 Å². The van der Waals surface area contributed by atoms with Gasteiger partial charge in [-0.3, -0.25) is 34.4 Å². The second-order valence-corrected chi connectivity index (χ2v) is 14.6. The number of aliphatic imine (C=N–C) groups is 1. The molecule has 0 fully saturated rings. The van der Waals surface area contributed by atoms with Crippen molar-refractivity contribution in [2.75, 3.05) is 7.11 Å². The largest absolute Gasteiger partial charge is 0.469 e. The van der Waals surface area contributed by atoms with Gasteiger partial charge in [-0.2, -0.15) is 9.36 Å². The van der Waals surface area contributed by atoms with Gasteiger partial charge in [-0.1, -0.05) is 46.9 Å². The number of para-hydroxylation sites is 2. The first-order valence-corrected chi connectivity index (χ1v) is 18.9. The highest BCUT2D eigenvalue weighted by Gasteiger charge is 2.22. The highest BCUT2D eigenvalue weighted by atomic mass is 32.1. The number of rotatable bonds is 9. The van der Waals surface area contributed by atoms with Crippen molar-refractivity contribution in [2.24, 2.45) is 4.99 Å². The highest BCUT2D eigenvalue weighted by molar-refractivity contribution is 7.21. The average molecular weight is 789 g/mol. The van der Waals surface area contributed by atoms with Crippen LogP contribution in [-0.2, 0) is 29.0 Å². The van der Waals surface area contributed by atoms with Crippen LogP contribution in [0, 0.1) is 6.92 Å². The Morgan fingerprint density at radius 1 is 0.821 bits per heavy atom. The van der Waals surface area contributed by atoms with Crippen molar-refractivity contribution in [1.82, 2.24) is 34.1 Å². The number of benzene rings is 2. The van der Waals surface area contributed by atoms with E-state index in [1.54, 1.807) is 49.1 Å². The summed E-state index contributed by atoms with van der Waals surface area (Å²) in [5.74, 6) is 0.880. The van der Waals surface area contributed by atoms with Crippen LogP contribution >= 0.6 is 22.7 Å². The van der Waals surface area contributed by atoms with E-state index in [0.717, 1.165) is 20.4 Å². The van der Waals surface area contributed by atoms with E-state index < -0.39 is 5.97 Å². The Morgan fingerprint density at radius 3 is 2.02 bits per heavy atom. The predicted molar refractivity (Wildman–Crippen MR) is 214 cm³/mol. The minimum atomic E-state index is -0.456. The van der Waals surface area contributed by atoms with Crippen LogP contribution in [0.4, 0.5) is 0 Å². The van der Waals surface area contributed by atoms with Crippen molar-refractivity contribution in [1.29, 1.82) is 0 Å². The summed E-state index contributed by atoms with van der Waals surface area (Å²) in [6.45, 7) is 4.07. The molecule has 0 radical (unpaired) electrons. The lowest BCUT2D eigenvalue weighted by Gasteiger charge is -2.08. The van der Waals surface area contributed by atoms with Gasteiger partial charge in [0.1, 0.15) is 11.5 Å². The molecule has 0 spiro atoms. The van der Waals surface area contributed by atoms with Crippen LogP contribution in [0.25, 0.3) is 41.6 Å². The van der Waals surface area contributed by atoms with E-state index >= 15 is 0 Å². The molecule has 9 aromatic rings. The molecule has 15 nitrogen and oxygen atoms in total. The first kappa shape index (κ1) is 36.1. The molecule has 2 N–H and O–H groups in total. The van der Waals surface area contributed by atoms with Crippen LogP contribution in [0.5, 0.6) is 0 Å². The molecule has 7 aromatic heterocycles. The number of carbonyl (C=O) groups excluding carboxylic acids is 1. The number of furan rings is 2. The van der Waals surface area contributed by atoms with E-state index in [4.69, 9.17) is 13.6 Å². The molecule has 0 aliphatic heterocycles. The number of nitrogens with one attached hydrogen (secondary N) is 2. The first-order valence-electron chi connectivity index (χ1n) is 17.2. The van der Waals surface area contributed by atoms with Crippen molar-refractivity contribution in [3.63, 3.8) is 0 Å². The fourth-order valence-corrected chi connectivity index (χ4v) is 8.07. The number of ether oxygens (including phenoxy) is 1. The molecule has 0 amide bonds. The van der Waals surface area contributed by atoms with Gasteiger partial charge in [0.25, 0.3) is 16.7 Å². The van der Waals surface area contributed by atoms with Gasteiger partial charge in [0.2, 0.25) is 10.3 Å². The zero-order valence-corrected chi connectivity index (χ0v) is 31.8. The number of thiazole rings is 2. The van der Waals surface area contributed by atoms with Gasteiger partial charge in [-0.05, 0) is 62.4 Å². The van der Waals surface area contributed by atoms with Gasteiger partial charge < -0.3 is 18.1 Å². The number of aromatic amines is 2. The monoisotopic (exact) mass is 788 g/mol. The minimum absolute atomic E-state index is 0.0768. The summed E-state index contributed by atoms with van der Waals surface area (Å²) in [4.78, 5) is 64.2. The van der Waals surface area contributed by atoms with Crippen molar-refractivity contribution >= 4 is 65.7 Å². The molecular formula is C39H32N8O7S2. The average Bonchev–Trinajstić information content (AvgIpc) is 4.06. The van der Waals surface area contributed by atoms with Crippen molar-refractivity contribution < 1.29 is 18.4 Å². The fourth-order valence-electron chi connectivity index (χ4n) is 6.22. The number of fused-ring (bicyclic) bond motifs is 3. The van der Waals surface area contributed by atoms with Gasteiger partial charge in [0.15, 0.2) is 0 Å². The summed E-state index contributed by atoms with van der Waals surface area (Å²) in [6.07, 6.45) is 3.05. The third-order valence-corrected chi connectivity index (χ3v) is 11.0. The van der Waals surface area contributed by atoms with Gasteiger partial charge >= 0.3 is 5.97 Å². The molecule has 0 aliphatic rings. The van der Waals surface area contributed by atoms with Crippen LogP contribution in [-0.4, -0.2) is 52.9 Å². The smallest absolute Gasteiger partial charge is 0.311 e. The lowest BCUT2D eigenvalue weighted by Crippen LogP contribution is -2.23. The minimum Gasteiger partial charge on any atom is -0.469 e. The van der Waals surface area contributed by atoms with E-state index in [2.05, 4.69) is 25.2 Å². The van der Waals surface area contributed by atoms with Crippen molar-refractivity contribution in [3.05, 3.63) is 151 Å². The number of hydrogen-bond acceptors (Lipinski definition) is 12. The third-order valence-electron chi connectivity index (χ3n) is 8.99. The maximum atomic E-state index is 13.2. The van der Waals surface area contributed by atoms with E-state index in [9.17, 15) is 19.2 Å². The number of hydrogen-bond donors (Lipinski definition) is 2. The summed E-state index contributed by atoms with van der Waals surface area (Å²) in [7, 11) is 1.31. The van der Waals surface area contributed by atoms with E-state index in [0.29, 0.717) is 61.9 Å². The normalized spacial score (nSPS) is 11.7. The van der Waals surface area contributed by atoms with E-state index in [-0.39, 0.29) is 29.6 Å². The number of nitrogens with zero attached hydrogens (tertiary/aromatic N) is 6. The Morgan fingerprint density at radius 2 is 1.43 bits per heavy atom. The van der Waals surface area contributed by atoms with Gasteiger partial charge in [0, 0.05) is 17.5 Å². The molecule has 7 heterocycles. The number of esters is 1. The summed E-state index contributed by atoms with van der Waals surface area (Å²) in [6, 6.07) is 23.9. The molecule has 0 bridgehead atoms. The molecule has 0 saturated heterocycles. The maximum absolute atomic E-state index is 13.2. The molecule has 17 heteroatoms. The second-order valence-electron chi connectivity index (χ2n) is 12.5. The zero-order valence-electron chi connectivity index (χ0n) is 30.1. The fraction of sp³-hybridized carbons (Fsp3) is 0.154. The Labute approximate surface area is 323 Å². The molecule has 9 rings (SSSR count). The van der Waals surface area contributed by atoms with Crippen molar-refractivity contribution in [2.45, 2.75) is 33.4 Å². The lowest BCUT2D eigenvalue weighted by molar-refractivity contribution is -0.139. The number of pyridine rings is 1. The van der Waals surface area contributed by atoms with Gasteiger partial charge in [0.05, 0.1) is 81.7 Å². The van der Waals surface area contributed by atoms with Gasteiger partial charge in [-0.25, -0.2) is 9.97 Å². The molecule has 56 heavy (non-hydrogen) atoms. The SMILES string of the molecule is COC(=O)Cc1[nH]n(-c2nc3ccccc3s2)c(=O)c1C(C)=NCc1ccco1.Cc1c2c(=O)n(-c3nc4ccccc4s3)[nH]c2cc(=O)n1Cc1ccco1. The number of H-pyrrole nitrogens is 2. The Bertz CT molecular complexity index is 3000. The molecule has 0 atom stereocenters. The van der Waals surface area contributed by atoms with Crippen molar-refractivity contribution in [3.8, 4) is 10.3 Å². The number of aromatic nitrogens is 7. The molecule has 0 aliphatic carbocycles. The zero-order chi connectivity index (χ0) is 38.9. The lowest BCUT2D eigenvalue weighted by atomic mass is 10.1. The van der Waals surface area contributed by atoms with E-state index in [1.807, 2.05) is 54.6 Å². The Hall–Kier alpha value is -6.85. The predicted octanol–water partition coefficient (Wildman–Crippen LogP) is 6.13. The molecule has 2 aromatic carbocycles. The quantitative estimate of drug-likeness (QED) is 0.128. The third kappa shape index (κ3) is 6.96. The summed E-state index contributed by atoms with van der Waals surface area (Å²) < 4.78 is 21.6. The van der Waals surface area contributed by atoms with Crippen LogP contribution in [0.1, 0.15) is 35.4 Å². The standard InChI is InChI=1S/C20H18N4O4S.C19H14N4O3S/c1-12(21-11-13-6-5-9-28-13)18-15(10-17(25)27-2)23-24(19(18)26)20-22-14-7-3-4-8-16(14)29-20;1-11-17-14(9-16(24)22(11)10-12-5-4-8-26-12)21-23(18(17)25)19-20-13-6-2-3-7-15(13)27-19/h3-9,23H,10-11H2,1-2H3;2-9,21H,10H2,1H3. The van der Waals surface area contributed by atoms with Crippen LogP contribution in [0.15, 0.2) is 120 Å². The topological polar surface area (TPSA) is 188 Å². The number of methoxy groups -OCH3 is 1. The highest BCUT2D eigenvalue weighted by Crippen LogP contribution is 2.25.